The molecular weight excluding hydrogens is 534 g/mol. The first-order chi connectivity index (χ1) is 20.1. The second-order valence-corrected chi connectivity index (χ2v) is 11.2. The Morgan fingerprint density at radius 2 is 1.76 bits per heavy atom. The summed E-state index contributed by atoms with van der Waals surface area (Å²) in [6.45, 7) is -0.230. The summed E-state index contributed by atoms with van der Waals surface area (Å²) in [5.74, 6) is -1.71. The molecule has 4 heterocycles. The zero-order valence-corrected chi connectivity index (χ0v) is 22.5. The number of anilines is 1. The highest BCUT2D eigenvalue weighted by Crippen LogP contribution is 2.62. The lowest BCUT2D eigenvalue weighted by Crippen LogP contribution is -2.49. The van der Waals surface area contributed by atoms with Crippen LogP contribution in [0.2, 0.25) is 0 Å². The lowest BCUT2D eigenvalue weighted by Gasteiger charge is -2.38. The molecule has 1 amide bonds. The molecule has 1 N–H and O–H groups in total. The second kappa shape index (κ2) is 9.58. The van der Waals surface area contributed by atoms with Gasteiger partial charge < -0.3 is 15.0 Å². The van der Waals surface area contributed by atoms with Gasteiger partial charge in [0.2, 0.25) is 5.91 Å². The molecule has 3 aliphatic heterocycles. The van der Waals surface area contributed by atoms with Crippen molar-refractivity contribution < 1.29 is 19.1 Å². The van der Waals surface area contributed by atoms with E-state index in [9.17, 15) is 14.4 Å². The Balaban J connectivity index is 1.52. The molecule has 41 heavy (non-hydrogen) atoms. The zero-order chi connectivity index (χ0) is 28.1. The van der Waals surface area contributed by atoms with E-state index in [1.165, 1.54) is 11.3 Å². The standard InChI is InChI=1S/C33H23N3O4S/c34-16-18-40-25-13-6-3-10-22(25)29(37)28-27(30(38)26-14-7-19-41-26)33(23-11-4-5-12-24(23)35-32(33)39)31-21-9-2-1-8-20(21)15-17-36(28)31/h1-15,17,19,27-28,31H,18H2,(H,35,39)/t27-,28+,31-,33+/m0/s1. The number of Topliss-reactive ketones (excluding diaryl/α,β-unsaturated/α-hetero) is 2. The van der Waals surface area contributed by atoms with Crippen LogP contribution in [0.1, 0.15) is 42.8 Å². The van der Waals surface area contributed by atoms with Crippen LogP contribution in [0.15, 0.2) is 96.5 Å². The third kappa shape index (κ3) is 3.52. The maximum Gasteiger partial charge on any atom is 0.238 e. The summed E-state index contributed by atoms with van der Waals surface area (Å²) >= 11 is 1.30. The van der Waals surface area contributed by atoms with Crippen LogP contribution in [0.5, 0.6) is 5.75 Å². The van der Waals surface area contributed by atoms with Crippen molar-refractivity contribution in [2.75, 3.05) is 11.9 Å². The second-order valence-electron chi connectivity index (χ2n) is 10.2. The summed E-state index contributed by atoms with van der Waals surface area (Å²) in [5.41, 5.74) is 2.00. The molecule has 1 spiro atoms. The van der Waals surface area contributed by atoms with E-state index in [4.69, 9.17) is 10.00 Å². The highest BCUT2D eigenvalue weighted by molar-refractivity contribution is 7.12. The highest BCUT2D eigenvalue weighted by atomic mass is 32.1. The number of fused-ring (bicyclic) bond motifs is 6. The number of carbonyl (C=O) groups excluding carboxylic acids is 3. The number of ether oxygens (including phenoxy) is 1. The molecule has 0 radical (unpaired) electrons. The van der Waals surface area contributed by atoms with Gasteiger partial charge in [0.1, 0.15) is 23.3 Å². The number of para-hydroxylation sites is 2. The molecule has 0 unspecified atom stereocenters. The smallest absolute Gasteiger partial charge is 0.238 e. The highest BCUT2D eigenvalue weighted by Gasteiger charge is 2.71. The van der Waals surface area contributed by atoms with Gasteiger partial charge in [0.25, 0.3) is 0 Å². The van der Waals surface area contributed by atoms with Gasteiger partial charge in [-0.05, 0) is 52.4 Å². The summed E-state index contributed by atoms with van der Waals surface area (Å²) in [6, 6.07) is 25.8. The Morgan fingerprint density at radius 1 is 0.976 bits per heavy atom. The number of nitrogens with zero attached hydrogens (tertiary/aromatic N) is 2. The molecular formula is C33H23N3O4S. The van der Waals surface area contributed by atoms with Gasteiger partial charge in [-0.3, -0.25) is 14.4 Å². The number of benzene rings is 3. The van der Waals surface area contributed by atoms with E-state index in [0.717, 1.165) is 11.1 Å². The topological polar surface area (TPSA) is 99.5 Å². The third-order valence-corrected chi connectivity index (χ3v) is 9.21. The number of thiophene rings is 1. The number of hydrogen-bond donors (Lipinski definition) is 1. The van der Waals surface area contributed by atoms with Gasteiger partial charge in [0.15, 0.2) is 18.2 Å². The summed E-state index contributed by atoms with van der Waals surface area (Å²) in [4.78, 5) is 46.2. The minimum atomic E-state index is -1.39. The van der Waals surface area contributed by atoms with Crippen molar-refractivity contribution >= 4 is 40.6 Å². The third-order valence-electron chi connectivity index (χ3n) is 8.33. The van der Waals surface area contributed by atoms with Crippen LogP contribution < -0.4 is 10.1 Å². The fourth-order valence-electron chi connectivity index (χ4n) is 6.81. The lowest BCUT2D eigenvalue weighted by molar-refractivity contribution is -0.122. The van der Waals surface area contributed by atoms with Gasteiger partial charge in [-0.1, -0.05) is 60.7 Å². The van der Waals surface area contributed by atoms with E-state index in [1.54, 1.807) is 36.4 Å². The molecule has 4 aromatic rings. The summed E-state index contributed by atoms with van der Waals surface area (Å²) < 4.78 is 5.64. The fourth-order valence-corrected chi connectivity index (χ4v) is 7.51. The number of nitrogens with one attached hydrogen (secondary N) is 1. The van der Waals surface area contributed by atoms with Crippen molar-refractivity contribution in [1.82, 2.24) is 4.90 Å². The van der Waals surface area contributed by atoms with Gasteiger partial charge in [0, 0.05) is 11.9 Å². The average molecular weight is 558 g/mol. The van der Waals surface area contributed by atoms with E-state index < -0.39 is 23.4 Å². The Kier molecular flexibility index (Phi) is 5.84. The predicted octanol–water partition coefficient (Wildman–Crippen LogP) is 5.63. The first kappa shape index (κ1) is 25.0. The monoisotopic (exact) mass is 557 g/mol. The first-order valence-corrected chi connectivity index (χ1v) is 14.1. The van der Waals surface area contributed by atoms with E-state index in [2.05, 4.69) is 5.32 Å². The van der Waals surface area contributed by atoms with Gasteiger partial charge in [0.05, 0.1) is 22.4 Å². The number of amides is 1. The Hall–Kier alpha value is -5.00. The molecule has 1 aromatic heterocycles. The summed E-state index contributed by atoms with van der Waals surface area (Å²) in [5, 5.41) is 14.0. The summed E-state index contributed by atoms with van der Waals surface area (Å²) in [7, 11) is 0. The van der Waals surface area contributed by atoms with Crippen molar-refractivity contribution in [1.29, 1.82) is 5.26 Å². The molecule has 7 rings (SSSR count). The Labute approximate surface area is 240 Å². The van der Waals surface area contributed by atoms with Crippen LogP contribution in [0, 0.1) is 17.2 Å². The zero-order valence-electron chi connectivity index (χ0n) is 21.7. The Morgan fingerprint density at radius 3 is 2.59 bits per heavy atom. The van der Waals surface area contributed by atoms with Crippen molar-refractivity contribution in [3.8, 4) is 11.8 Å². The minimum Gasteiger partial charge on any atom is -0.478 e. The molecule has 0 saturated carbocycles. The van der Waals surface area contributed by atoms with E-state index in [1.807, 2.05) is 77.2 Å². The van der Waals surface area contributed by atoms with Crippen LogP contribution in [0.3, 0.4) is 0 Å². The molecule has 3 aliphatic rings. The molecule has 0 bridgehead atoms. The minimum absolute atomic E-state index is 0.230. The molecule has 200 valence electrons. The average Bonchev–Trinajstić information content (AvgIpc) is 3.72. The molecule has 4 atom stereocenters. The van der Waals surface area contributed by atoms with Crippen molar-refractivity contribution in [2.24, 2.45) is 5.92 Å². The van der Waals surface area contributed by atoms with Gasteiger partial charge in [-0.2, -0.15) is 5.26 Å². The molecule has 1 saturated heterocycles. The fraction of sp³-hybridized carbons (Fsp3) is 0.152. The number of carbonyl (C=O) groups is 3. The van der Waals surface area contributed by atoms with Gasteiger partial charge in [-0.15, -0.1) is 11.3 Å². The lowest BCUT2D eigenvalue weighted by atomic mass is 9.63. The maximum atomic E-state index is 14.7. The van der Waals surface area contributed by atoms with Crippen molar-refractivity contribution in [3.05, 3.63) is 124 Å². The molecule has 0 aliphatic carbocycles. The molecule has 1 fully saturated rings. The van der Waals surface area contributed by atoms with Crippen LogP contribution in [0.25, 0.3) is 6.08 Å². The number of hydrogen-bond acceptors (Lipinski definition) is 7. The van der Waals surface area contributed by atoms with Gasteiger partial charge >= 0.3 is 0 Å². The molecule has 8 heteroatoms. The van der Waals surface area contributed by atoms with Crippen LogP contribution in [-0.4, -0.2) is 35.0 Å². The summed E-state index contributed by atoms with van der Waals surface area (Å²) in [6.07, 6.45) is 3.76. The SMILES string of the molecule is N#CCOc1ccccc1C(=O)[C@H]1[C@@H](C(=O)c2cccs2)[C@@]2(C(=O)Nc3ccccc32)[C@@H]2c3ccccc3C=CN21. The van der Waals surface area contributed by atoms with E-state index in [-0.39, 0.29) is 35.4 Å². The number of nitriles is 1. The van der Waals surface area contributed by atoms with Crippen LogP contribution in [-0.2, 0) is 10.2 Å². The number of rotatable bonds is 6. The Bertz CT molecular complexity index is 1790. The van der Waals surface area contributed by atoms with Crippen LogP contribution >= 0.6 is 11.3 Å². The largest absolute Gasteiger partial charge is 0.478 e. The maximum absolute atomic E-state index is 14.7. The van der Waals surface area contributed by atoms with Gasteiger partial charge in [-0.25, -0.2) is 0 Å². The van der Waals surface area contributed by atoms with E-state index in [0.29, 0.717) is 16.1 Å². The van der Waals surface area contributed by atoms with Crippen molar-refractivity contribution in [2.45, 2.75) is 17.5 Å². The van der Waals surface area contributed by atoms with Crippen molar-refractivity contribution in [3.63, 3.8) is 0 Å². The molecule has 7 nitrogen and oxygen atoms in total. The normalized spacial score (nSPS) is 23.3. The quantitative estimate of drug-likeness (QED) is 0.309. The first-order valence-electron chi connectivity index (χ1n) is 13.2. The van der Waals surface area contributed by atoms with Crippen LogP contribution in [0.4, 0.5) is 5.69 Å². The predicted molar refractivity (Wildman–Crippen MR) is 155 cm³/mol. The molecule has 3 aromatic carbocycles. The number of ketones is 2. The van der Waals surface area contributed by atoms with E-state index >= 15 is 0 Å².